The van der Waals surface area contributed by atoms with Crippen molar-refractivity contribution in [2.24, 2.45) is 0 Å². The van der Waals surface area contributed by atoms with Gasteiger partial charge in [0.1, 0.15) is 22.7 Å². The zero-order valence-electron chi connectivity index (χ0n) is 17.8. The number of hydrogen-bond donors (Lipinski definition) is 0. The molecule has 0 radical (unpaired) electrons. The van der Waals surface area contributed by atoms with E-state index < -0.39 is 34.1 Å². The van der Waals surface area contributed by atoms with Crippen LogP contribution in [0.2, 0.25) is 5.28 Å². The van der Waals surface area contributed by atoms with E-state index in [0.717, 1.165) is 18.9 Å². The molecule has 180 valence electrons. The lowest BCUT2D eigenvalue weighted by molar-refractivity contribution is -0.274. The first-order chi connectivity index (χ1) is 15.2. The molecule has 1 amide bonds. The number of rotatable bonds is 2. The summed E-state index contributed by atoms with van der Waals surface area (Å²) in [6.07, 6.45) is -4.00. The van der Waals surface area contributed by atoms with Gasteiger partial charge in [0.15, 0.2) is 5.82 Å². The molecular weight excluding hydrogens is 536 g/mol. The highest BCUT2D eigenvalue weighted by Crippen LogP contribution is 2.41. The lowest BCUT2D eigenvalue weighted by atomic mass is 10.1. The number of benzene rings is 1. The molecule has 0 N–H and O–H groups in total. The zero-order valence-corrected chi connectivity index (χ0v) is 20.2. The number of anilines is 1. The van der Waals surface area contributed by atoms with E-state index in [1.54, 1.807) is 30.6 Å². The molecule has 2 aliphatic rings. The topological polar surface area (TPSA) is 67.8 Å². The van der Waals surface area contributed by atoms with Crippen LogP contribution in [0.1, 0.15) is 33.6 Å². The predicted molar refractivity (Wildman–Crippen MR) is 116 cm³/mol. The highest BCUT2D eigenvalue weighted by atomic mass is 79.9. The van der Waals surface area contributed by atoms with E-state index in [1.807, 2.05) is 0 Å². The molecule has 0 spiro atoms. The number of aromatic nitrogens is 2. The van der Waals surface area contributed by atoms with Crippen LogP contribution < -0.4 is 9.64 Å². The van der Waals surface area contributed by atoms with Gasteiger partial charge in [-0.2, -0.15) is 4.98 Å². The summed E-state index contributed by atoms with van der Waals surface area (Å²) in [6.45, 7) is 6.00. The molecule has 2 unspecified atom stereocenters. The van der Waals surface area contributed by atoms with E-state index in [9.17, 15) is 22.4 Å². The number of piperazine rings is 1. The summed E-state index contributed by atoms with van der Waals surface area (Å²) in [4.78, 5) is 24.2. The molecule has 2 atom stereocenters. The predicted octanol–water partition coefficient (Wildman–Crippen LogP) is 5.67. The number of nitrogens with zero attached hydrogens (tertiary/aromatic N) is 4. The van der Waals surface area contributed by atoms with Crippen molar-refractivity contribution in [1.29, 1.82) is 0 Å². The Morgan fingerprint density at radius 1 is 1.18 bits per heavy atom. The molecule has 0 saturated carbocycles. The maximum Gasteiger partial charge on any atom is 0.573 e. The molecule has 0 aliphatic carbocycles. The van der Waals surface area contributed by atoms with Gasteiger partial charge in [0, 0.05) is 18.5 Å². The molecule has 13 heteroatoms. The lowest BCUT2D eigenvalue weighted by Gasteiger charge is -2.42. The number of hydrogen-bond acceptors (Lipinski definition) is 6. The van der Waals surface area contributed by atoms with E-state index in [-0.39, 0.29) is 34.1 Å². The van der Waals surface area contributed by atoms with Gasteiger partial charge < -0.3 is 14.4 Å². The first kappa shape index (κ1) is 24.1. The molecule has 2 aliphatic heterocycles. The van der Waals surface area contributed by atoms with Crippen molar-refractivity contribution in [3.8, 4) is 5.75 Å². The molecule has 2 bridgehead atoms. The molecule has 2 fully saturated rings. The molecule has 4 rings (SSSR count). The molecule has 2 saturated heterocycles. The fraction of sp³-hybridized carbons (Fsp3) is 0.550. The molecule has 33 heavy (non-hydrogen) atoms. The molecule has 1 aromatic carbocycles. The molecule has 1 aromatic heterocycles. The Morgan fingerprint density at radius 2 is 1.79 bits per heavy atom. The fourth-order valence-electron chi connectivity index (χ4n) is 4.27. The van der Waals surface area contributed by atoms with Crippen LogP contribution >= 0.6 is 27.5 Å². The monoisotopic (exact) mass is 554 g/mol. The van der Waals surface area contributed by atoms with Gasteiger partial charge in [-0.3, -0.25) is 4.90 Å². The van der Waals surface area contributed by atoms with Crippen molar-refractivity contribution < 1.29 is 31.8 Å². The van der Waals surface area contributed by atoms with Gasteiger partial charge in [-0.05, 0) is 67.2 Å². The van der Waals surface area contributed by atoms with Crippen molar-refractivity contribution in [3.63, 3.8) is 0 Å². The van der Waals surface area contributed by atoms with E-state index in [1.165, 1.54) is 0 Å². The zero-order chi connectivity index (χ0) is 24.3. The third kappa shape index (κ3) is 4.91. The maximum atomic E-state index is 14.9. The SMILES string of the molecule is CC(C)(C)OC(=O)N1C2CCC1CN(c1nc(Cl)nc3c(F)c(Br)c(OC(F)(F)F)cc13)C2. The van der Waals surface area contributed by atoms with E-state index >= 15 is 0 Å². The van der Waals surface area contributed by atoms with Gasteiger partial charge in [0.25, 0.3) is 0 Å². The largest absolute Gasteiger partial charge is 0.573 e. The number of fused-ring (bicyclic) bond motifs is 3. The number of alkyl halides is 3. The Balaban J connectivity index is 1.71. The van der Waals surface area contributed by atoms with Crippen molar-refractivity contribution >= 4 is 50.3 Å². The summed E-state index contributed by atoms with van der Waals surface area (Å²) in [5.74, 6) is -1.63. The fourth-order valence-corrected chi connectivity index (χ4v) is 4.81. The Kier molecular flexibility index (Phi) is 6.05. The Labute approximate surface area is 200 Å². The van der Waals surface area contributed by atoms with E-state index in [2.05, 4.69) is 30.6 Å². The van der Waals surface area contributed by atoms with Crippen molar-refractivity contribution in [2.75, 3.05) is 18.0 Å². The van der Waals surface area contributed by atoms with Crippen molar-refractivity contribution in [2.45, 2.75) is 57.7 Å². The number of ether oxygens (including phenoxy) is 2. The van der Waals surface area contributed by atoms with Crippen LogP contribution in [-0.2, 0) is 4.74 Å². The Hall–Kier alpha value is -2.08. The minimum absolute atomic E-state index is 0.0180. The standard InChI is InChI=1S/C20H20BrClF4N4O3/c1-19(2,3)33-18(31)30-9-4-5-10(30)8-29(7-9)16-11-6-12(32-20(24,25)26)13(21)14(23)15(11)27-17(22)28-16/h6,9-10H,4-5,7-8H2,1-3H3. The minimum atomic E-state index is -5.02. The number of carbonyl (C=O) groups is 1. The summed E-state index contributed by atoms with van der Waals surface area (Å²) in [5.41, 5.74) is -0.891. The molecule has 3 heterocycles. The summed E-state index contributed by atoms with van der Waals surface area (Å²) in [7, 11) is 0. The van der Waals surface area contributed by atoms with Crippen LogP contribution in [0.15, 0.2) is 10.5 Å². The maximum absolute atomic E-state index is 14.9. The Morgan fingerprint density at radius 3 is 2.33 bits per heavy atom. The van der Waals surface area contributed by atoms with Crippen LogP contribution in [0.25, 0.3) is 10.9 Å². The molecular formula is C20H20BrClF4N4O3. The van der Waals surface area contributed by atoms with Crippen LogP contribution in [0.3, 0.4) is 0 Å². The second-order valence-corrected chi connectivity index (χ2v) is 10.1. The second-order valence-electron chi connectivity index (χ2n) is 8.94. The van der Waals surface area contributed by atoms with Crippen LogP contribution in [-0.4, -0.2) is 58.1 Å². The third-order valence-electron chi connectivity index (χ3n) is 5.40. The van der Waals surface area contributed by atoms with Gasteiger partial charge >= 0.3 is 12.5 Å². The van der Waals surface area contributed by atoms with Crippen molar-refractivity contribution in [1.82, 2.24) is 14.9 Å². The second kappa shape index (κ2) is 8.30. The van der Waals surface area contributed by atoms with Gasteiger partial charge in [0.05, 0.1) is 16.6 Å². The van der Waals surface area contributed by atoms with Gasteiger partial charge in [-0.1, -0.05) is 0 Å². The molecule has 2 aromatic rings. The smallest absolute Gasteiger partial charge is 0.444 e. The van der Waals surface area contributed by atoms with Gasteiger partial charge in [-0.25, -0.2) is 14.2 Å². The summed E-state index contributed by atoms with van der Waals surface area (Å²) in [6, 6.07) is 0.631. The van der Waals surface area contributed by atoms with Crippen LogP contribution in [0, 0.1) is 5.82 Å². The lowest BCUT2D eigenvalue weighted by Crippen LogP contribution is -2.57. The summed E-state index contributed by atoms with van der Waals surface area (Å²) < 4.78 is 62.4. The number of carbonyl (C=O) groups excluding carboxylic acids is 1. The van der Waals surface area contributed by atoms with E-state index in [4.69, 9.17) is 16.3 Å². The first-order valence-electron chi connectivity index (χ1n) is 10.1. The first-order valence-corrected chi connectivity index (χ1v) is 11.3. The summed E-state index contributed by atoms with van der Waals surface area (Å²) in [5, 5.41) is -0.237. The highest BCUT2D eigenvalue weighted by molar-refractivity contribution is 9.10. The van der Waals surface area contributed by atoms with Crippen molar-refractivity contribution in [3.05, 3.63) is 21.6 Å². The minimum Gasteiger partial charge on any atom is -0.444 e. The highest BCUT2D eigenvalue weighted by Gasteiger charge is 2.45. The van der Waals surface area contributed by atoms with Gasteiger partial charge in [-0.15, -0.1) is 13.2 Å². The third-order valence-corrected chi connectivity index (χ3v) is 6.31. The quantitative estimate of drug-likeness (QED) is 0.351. The van der Waals surface area contributed by atoms with Gasteiger partial charge in [0.2, 0.25) is 5.28 Å². The molecule has 7 nitrogen and oxygen atoms in total. The Bertz CT molecular complexity index is 1100. The van der Waals surface area contributed by atoms with Crippen LogP contribution in [0.5, 0.6) is 5.75 Å². The average Bonchev–Trinajstić information content (AvgIpc) is 2.94. The number of halogens is 6. The number of amides is 1. The normalized spacial score (nSPS) is 21.0. The summed E-state index contributed by atoms with van der Waals surface area (Å²) >= 11 is 8.83. The average molecular weight is 556 g/mol. The van der Waals surface area contributed by atoms with E-state index in [0.29, 0.717) is 13.1 Å². The van der Waals surface area contributed by atoms with Crippen LogP contribution in [0.4, 0.5) is 28.2 Å².